The Kier molecular flexibility index (Phi) is 4.57. The van der Waals surface area contributed by atoms with Crippen molar-refractivity contribution in [1.82, 2.24) is 5.32 Å². The fraction of sp³-hybridized carbons (Fsp3) is 0.429. The third kappa shape index (κ3) is 4.30. The van der Waals surface area contributed by atoms with E-state index in [0.717, 1.165) is 6.42 Å². The summed E-state index contributed by atoms with van der Waals surface area (Å²) in [6.45, 7) is 10.2. The van der Waals surface area contributed by atoms with E-state index in [2.05, 4.69) is 56.9 Å². The summed E-state index contributed by atoms with van der Waals surface area (Å²) in [5.74, 6) is 0. The molecule has 2 unspecified atom stereocenters. The van der Waals surface area contributed by atoms with Crippen LogP contribution in [-0.4, -0.2) is 12.1 Å². The summed E-state index contributed by atoms with van der Waals surface area (Å²) >= 11 is 0. The molecular formula is C14H21N. The zero-order valence-corrected chi connectivity index (χ0v) is 9.96. The maximum atomic E-state index is 3.77. The minimum Gasteiger partial charge on any atom is -0.308 e. The zero-order chi connectivity index (χ0) is 11.3. The lowest BCUT2D eigenvalue weighted by Gasteiger charge is -2.17. The average Bonchev–Trinajstić information content (AvgIpc) is 2.21. The number of hydrogen-bond acceptors (Lipinski definition) is 1. The monoisotopic (exact) mass is 203 g/mol. The predicted molar refractivity (Wildman–Crippen MR) is 67.1 cm³/mol. The van der Waals surface area contributed by atoms with E-state index in [1.165, 1.54) is 11.1 Å². The van der Waals surface area contributed by atoms with Gasteiger partial charge in [0.05, 0.1) is 0 Å². The molecule has 1 rings (SSSR count). The normalized spacial score (nSPS) is 14.6. The highest BCUT2D eigenvalue weighted by molar-refractivity contribution is 5.22. The second kappa shape index (κ2) is 5.72. The van der Waals surface area contributed by atoms with Gasteiger partial charge < -0.3 is 5.32 Å². The van der Waals surface area contributed by atoms with Crippen LogP contribution in [0, 0.1) is 6.92 Å². The van der Waals surface area contributed by atoms with Crippen LogP contribution in [0.5, 0.6) is 0 Å². The number of aryl methyl sites for hydroxylation is 1. The first-order valence-electron chi connectivity index (χ1n) is 5.56. The lowest BCUT2D eigenvalue weighted by molar-refractivity contribution is 0.514. The summed E-state index contributed by atoms with van der Waals surface area (Å²) in [5.41, 5.74) is 2.70. The van der Waals surface area contributed by atoms with Gasteiger partial charge in [-0.15, -0.1) is 6.58 Å². The summed E-state index contributed by atoms with van der Waals surface area (Å²) in [4.78, 5) is 0. The Balaban J connectivity index is 2.47. The molecule has 1 aromatic carbocycles. The minimum absolute atomic E-state index is 0.380. The molecule has 0 saturated carbocycles. The molecule has 0 bridgehead atoms. The maximum Gasteiger partial charge on any atom is 0.0221 e. The molecular weight excluding hydrogens is 182 g/mol. The Bertz CT molecular complexity index is 300. The number of benzene rings is 1. The zero-order valence-electron chi connectivity index (χ0n) is 9.96. The van der Waals surface area contributed by atoms with Gasteiger partial charge in [-0.2, -0.15) is 0 Å². The van der Waals surface area contributed by atoms with Gasteiger partial charge in [0.2, 0.25) is 0 Å². The number of nitrogens with one attached hydrogen (secondary N) is 1. The van der Waals surface area contributed by atoms with E-state index in [-0.39, 0.29) is 0 Å². The van der Waals surface area contributed by atoms with Gasteiger partial charge in [-0.05, 0) is 32.8 Å². The molecule has 0 radical (unpaired) electrons. The quantitative estimate of drug-likeness (QED) is 0.725. The van der Waals surface area contributed by atoms with Crippen molar-refractivity contribution in [1.29, 1.82) is 0 Å². The molecule has 15 heavy (non-hydrogen) atoms. The van der Waals surface area contributed by atoms with Crippen LogP contribution in [-0.2, 0) is 6.42 Å². The van der Waals surface area contributed by atoms with Crippen LogP contribution in [0.1, 0.15) is 25.0 Å². The van der Waals surface area contributed by atoms with Crippen molar-refractivity contribution in [3.63, 3.8) is 0 Å². The lowest BCUT2D eigenvalue weighted by atomic mass is 10.1. The van der Waals surface area contributed by atoms with Crippen LogP contribution in [0.25, 0.3) is 0 Å². The molecule has 0 saturated heterocycles. The SMILES string of the molecule is C=CC(C)NC(C)Cc1ccc(C)cc1. The van der Waals surface area contributed by atoms with Gasteiger partial charge in [-0.25, -0.2) is 0 Å². The maximum absolute atomic E-state index is 3.77. The van der Waals surface area contributed by atoms with Gasteiger partial charge in [0, 0.05) is 12.1 Å². The van der Waals surface area contributed by atoms with Crippen LogP contribution in [0.2, 0.25) is 0 Å². The van der Waals surface area contributed by atoms with E-state index < -0.39 is 0 Å². The molecule has 0 aliphatic rings. The molecule has 0 aromatic heterocycles. The molecule has 0 aliphatic heterocycles. The van der Waals surface area contributed by atoms with Crippen LogP contribution >= 0.6 is 0 Å². The molecule has 1 N–H and O–H groups in total. The molecule has 0 amide bonds. The molecule has 0 aliphatic carbocycles. The van der Waals surface area contributed by atoms with Gasteiger partial charge in [0.25, 0.3) is 0 Å². The van der Waals surface area contributed by atoms with E-state index >= 15 is 0 Å². The van der Waals surface area contributed by atoms with Crippen molar-refractivity contribution >= 4 is 0 Å². The van der Waals surface area contributed by atoms with Crippen molar-refractivity contribution in [2.75, 3.05) is 0 Å². The second-order valence-corrected chi connectivity index (χ2v) is 4.28. The first-order valence-corrected chi connectivity index (χ1v) is 5.56. The fourth-order valence-electron chi connectivity index (χ4n) is 1.65. The first kappa shape index (κ1) is 12.0. The van der Waals surface area contributed by atoms with Crippen molar-refractivity contribution < 1.29 is 0 Å². The molecule has 1 heteroatoms. The van der Waals surface area contributed by atoms with E-state index in [1.807, 2.05) is 6.08 Å². The Morgan fingerprint density at radius 1 is 1.27 bits per heavy atom. The van der Waals surface area contributed by atoms with Crippen LogP contribution in [0.3, 0.4) is 0 Å². The van der Waals surface area contributed by atoms with Crippen LogP contribution in [0.4, 0.5) is 0 Å². The molecule has 2 atom stereocenters. The summed E-state index contributed by atoms with van der Waals surface area (Å²) in [6, 6.07) is 9.60. The summed E-state index contributed by atoms with van der Waals surface area (Å²) in [5, 5.41) is 3.47. The highest BCUT2D eigenvalue weighted by Crippen LogP contribution is 2.06. The van der Waals surface area contributed by atoms with Gasteiger partial charge in [-0.3, -0.25) is 0 Å². The van der Waals surface area contributed by atoms with Crippen LogP contribution in [0.15, 0.2) is 36.9 Å². The van der Waals surface area contributed by atoms with Gasteiger partial charge in [0.15, 0.2) is 0 Å². The highest BCUT2D eigenvalue weighted by Gasteiger charge is 2.05. The van der Waals surface area contributed by atoms with Crippen molar-refractivity contribution in [2.24, 2.45) is 0 Å². The molecule has 0 fully saturated rings. The van der Waals surface area contributed by atoms with E-state index in [4.69, 9.17) is 0 Å². The molecule has 1 aromatic rings. The topological polar surface area (TPSA) is 12.0 Å². The Hall–Kier alpha value is -1.08. The first-order chi connectivity index (χ1) is 7.11. The number of rotatable bonds is 5. The van der Waals surface area contributed by atoms with E-state index in [9.17, 15) is 0 Å². The average molecular weight is 203 g/mol. The van der Waals surface area contributed by atoms with E-state index in [1.54, 1.807) is 0 Å². The summed E-state index contributed by atoms with van der Waals surface area (Å²) in [6.07, 6.45) is 3.00. The van der Waals surface area contributed by atoms with Gasteiger partial charge >= 0.3 is 0 Å². The van der Waals surface area contributed by atoms with Crippen molar-refractivity contribution in [2.45, 2.75) is 39.3 Å². The van der Waals surface area contributed by atoms with Gasteiger partial charge in [-0.1, -0.05) is 35.9 Å². The minimum atomic E-state index is 0.380. The molecule has 1 nitrogen and oxygen atoms in total. The standard InChI is InChI=1S/C14H21N/c1-5-12(3)15-13(4)10-14-8-6-11(2)7-9-14/h5-9,12-13,15H,1,10H2,2-4H3. The Morgan fingerprint density at radius 2 is 1.87 bits per heavy atom. The largest absolute Gasteiger partial charge is 0.308 e. The van der Waals surface area contributed by atoms with Crippen molar-refractivity contribution in [3.05, 3.63) is 48.0 Å². The lowest BCUT2D eigenvalue weighted by Crippen LogP contribution is -2.34. The smallest absolute Gasteiger partial charge is 0.0221 e. The third-order valence-corrected chi connectivity index (χ3v) is 2.56. The predicted octanol–water partition coefficient (Wildman–Crippen LogP) is 3.09. The highest BCUT2D eigenvalue weighted by atomic mass is 14.9. The second-order valence-electron chi connectivity index (χ2n) is 4.28. The van der Waals surface area contributed by atoms with Crippen LogP contribution < -0.4 is 5.32 Å². The third-order valence-electron chi connectivity index (χ3n) is 2.56. The Labute approximate surface area is 93.2 Å². The summed E-state index contributed by atoms with van der Waals surface area (Å²) < 4.78 is 0. The fourth-order valence-corrected chi connectivity index (χ4v) is 1.65. The van der Waals surface area contributed by atoms with Crippen molar-refractivity contribution in [3.8, 4) is 0 Å². The molecule has 82 valence electrons. The Morgan fingerprint density at radius 3 is 2.40 bits per heavy atom. The summed E-state index contributed by atoms with van der Waals surface area (Å²) in [7, 11) is 0. The van der Waals surface area contributed by atoms with Gasteiger partial charge in [0.1, 0.15) is 0 Å². The molecule has 0 heterocycles. The van der Waals surface area contributed by atoms with E-state index in [0.29, 0.717) is 12.1 Å². The molecule has 0 spiro atoms. The number of hydrogen-bond donors (Lipinski definition) is 1.